The Morgan fingerprint density at radius 1 is 1.30 bits per heavy atom. The number of imidazole rings is 1. The third-order valence-electron chi connectivity index (χ3n) is 4.51. The maximum atomic E-state index is 12.1. The maximum absolute atomic E-state index is 12.1. The van der Waals surface area contributed by atoms with E-state index in [1.807, 2.05) is 17.8 Å². The molecule has 0 spiro atoms. The number of amides is 2. The second kappa shape index (κ2) is 8.10. The first-order valence-electron chi connectivity index (χ1n) is 8.23. The molecule has 0 aromatic carbocycles. The molecule has 0 aliphatic carbocycles. The van der Waals surface area contributed by atoms with Gasteiger partial charge in [-0.2, -0.15) is 0 Å². The van der Waals surface area contributed by atoms with Crippen LogP contribution in [-0.2, 0) is 22.7 Å². The Labute approximate surface area is 137 Å². The monoisotopic (exact) mass is 321 g/mol. The molecule has 128 valence electrons. The summed E-state index contributed by atoms with van der Waals surface area (Å²) in [5, 5.41) is 5.79. The van der Waals surface area contributed by atoms with Gasteiger partial charge >= 0.3 is 0 Å². The molecule has 7 heteroatoms. The van der Waals surface area contributed by atoms with Crippen LogP contribution in [0.1, 0.15) is 38.8 Å². The lowest BCUT2D eigenvalue weighted by Crippen LogP contribution is -2.41. The Kier molecular flexibility index (Phi) is 6.15. The molecular weight excluding hydrogens is 294 g/mol. The topological polar surface area (TPSA) is 79.3 Å². The van der Waals surface area contributed by atoms with Crippen molar-refractivity contribution in [2.45, 2.75) is 58.3 Å². The van der Waals surface area contributed by atoms with Crippen molar-refractivity contribution in [2.75, 3.05) is 13.6 Å². The number of aromatic nitrogens is 2. The van der Waals surface area contributed by atoms with Crippen molar-refractivity contribution in [1.29, 1.82) is 0 Å². The van der Waals surface area contributed by atoms with E-state index in [9.17, 15) is 9.59 Å². The fourth-order valence-electron chi connectivity index (χ4n) is 2.99. The largest absolute Gasteiger partial charge is 0.355 e. The SMILES string of the molecule is CCn1cnc(CNC(=O)C[C@@H]2CC[C@H](CNC(C)=O)N2C)c1. The van der Waals surface area contributed by atoms with Crippen molar-refractivity contribution >= 4 is 11.8 Å². The Morgan fingerprint density at radius 2 is 2.04 bits per heavy atom. The molecule has 2 amide bonds. The van der Waals surface area contributed by atoms with Crippen LogP contribution in [0.25, 0.3) is 0 Å². The van der Waals surface area contributed by atoms with Crippen molar-refractivity contribution in [3.63, 3.8) is 0 Å². The van der Waals surface area contributed by atoms with Gasteiger partial charge in [0.2, 0.25) is 11.8 Å². The lowest BCUT2D eigenvalue weighted by molar-refractivity contribution is -0.122. The van der Waals surface area contributed by atoms with Crippen LogP contribution in [-0.4, -0.2) is 51.9 Å². The van der Waals surface area contributed by atoms with Gasteiger partial charge < -0.3 is 15.2 Å². The minimum atomic E-state index is -0.00823. The van der Waals surface area contributed by atoms with Gasteiger partial charge in [0.15, 0.2) is 0 Å². The van der Waals surface area contributed by atoms with Gasteiger partial charge in [0.25, 0.3) is 0 Å². The molecule has 1 fully saturated rings. The van der Waals surface area contributed by atoms with E-state index in [2.05, 4.69) is 27.4 Å². The Hall–Kier alpha value is -1.89. The quantitative estimate of drug-likeness (QED) is 0.767. The average Bonchev–Trinajstić information content (AvgIpc) is 3.11. The molecule has 2 rings (SSSR count). The van der Waals surface area contributed by atoms with Gasteiger partial charge in [0.05, 0.1) is 18.6 Å². The van der Waals surface area contributed by atoms with Gasteiger partial charge in [-0.3, -0.25) is 14.5 Å². The van der Waals surface area contributed by atoms with E-state index >= 15 is 0 Å². The zero-order valence-electron chi connectivity index (χ0n) is 14.2. The van der Waals surface area contributed by atoms with Crippen LogP contribution in [0.15, 0.2) is 12.5 Å². The van der Waals surface area contributed by atoms with Gasteiger partial charge in [-0.1, -0.05) is 0 Å². The molecule has 1 aliphatic heterocycles. The molecule has 1 saturated heterocycles. The third kappa shape index (κ3) is 5.06. The summed E-state index contributed by atoms with van der Waals surface area (Å²) in [6.45, 7) is 5.58. The number of nitrogens with one attached hydrogen (secondary N) is 2. The van der Waals surface area contributed by atoms with Crippen LogP contribution in [0, 0.1) is 0 Å². The first kappa shape index (κ1) is 17.5. The Balaban J connectivity index is 1.73. The fourth-order valence-corrected chi connectivity index (χ4v) is 2.99. The lowest BCUT2D eigenvalue weighted by Gasteiger charge is -2.25. The van der Waals surface area contributed by atoms with Crippen LogP contribution >= 0.6 is 0 Å². The molecule has 1 aromatic heterocycles. The van der Waals surface area contributed by atoms with Crippen LogP contribution in [0.4, 0.5) is 0 Å². The van der Waals surface area contributed by atoms with E-state index in [-0.39, 0.29) is 17.9 Å². The summed E-state index contributed by atoms with van der Waals surface area (Å²) < 4.78 is 1.98. The van der Waals surface area contributed by atoms with E-state index in [1.165, 1.54) is 6.92 Å². The first-order chi connectivity index (χ1) is 11.0. The minimum absolute atomic E-state index is 0.00823. The number of rotatable bonds is 7. The molecule has 23 heavy (non-hydrogen) atoms. The summed E-state index contributed by atoms with van der Waals surface area (Å²) >= 11 is 0. The summed E-state index contributed by atoms with van der Waals surface area (Å²) in [5.74, 6) is 0.0409. The van der Waals surface area contributed by atoms with Gasteiger partial charge in [0, 0.05) is 44.7 Å². The van der Waals surface area contributed by atoms with Gasteiger partial charge in [-0.15, -0.1) is 0 Å². The molecule has 0 saturated carbocycles. The van der Waals surface area contributed by atoms with Crippen LogP contribution in [0.3, 0.4) is 0 Å². The van der Waals surface area contributed by atoms with Crippen LogP contribution in [0.2, 0.25) is 0 Å². The lowest BCUT2D eigenvalue weighted by atomic mass is 10.1. The second-order valence-corrected chi connectivity index (χ2v) is 6.16. The predicted molar refractivity (Wildman–Crippen MR) is 87.6 cm³/mol. The smallest absolute Gasteiger partial charge is 0.221 e. The molecule has 0 radical (unpaired) electrons. The number of carbonyl (C=O) groups is 2. The molecule has 0 bridgehead atoms. The average molecular weight is 321 g/mol. The van der Waals surface area contributed by atoms with E-state index in [1.54, 1.807) is 6.33 Å². The normalized spacial score (nSPS) is 21.3. The highest BCUT2D eigenvalue weighted by molar-refractivity contribution is 5.76. The van der Waals surface area contributed by atoms with E-state index < -0.39 is 0 Å². The van der Waals surface area contributed by atoms with Crippen molar-refractivity contribution < 1.29 is 9.59 Å². The van der Waals surface area contributed by atoms with Crippen molar-refractivity contribution in [3.05, 3.63) is 18.2 Å². The number of likely N-dealkylation sites (N-methyl/N-ethyl adjacent to an activating group) is 1. The summed E-state index contributed by atoms with van der Waals surface area (Å²) in [6.07, 6.45) is 6.21. The molecule has 0 unspecified atom stereocenters. The summed E-state index contributed by atoms with van der Waals surface area (Å²) in [6, 6.07) is 0.555. The maximum Gasteiger partial charge on any atom is 0.221 e. The highest BCUT2D eigenvalue weighted by Crippen LogP contribution is 2.24. The van der Waals surface area contributed by atoms with Gasteiger partial charge in [-0.25, -0.2) is 4.98 Å². The number of hydrogen-bond donors (Lipinski definition) is 2. The van der Waals surface area contributed by atoms with Crippen molar-refractivity contribution in [1.82, 2.24) is 25.1 Å². The minimum Gasteiger partial charge on any atom is -0.355 e. The highest BCUT2D eigenvalue weighted by atomic mass is 16.2. The number of likely N-dealkylation sites (tertiary alicyclic amines) is 1. The third-order valence-corrected chi connectivity index (χ3v) is 4.51. The highest BCUT2D eigenvalue weighted by Gasteiger charge is 2.31. The molecule has 2 heterocycles. The molecule has 1 aliphatic rings. The standard InChI is InChI=1S/C16H27N5O2/c1-4-21-10-13(19-11-21)8-18-16(23)7-14-5-6-15(20(14)3)9-17-12(2)22/h10-11,14-15H,4-9H2,1-3H3,(H,17,22)(H,18,23)/t14-,15+/m0/s1. The summed E-state index contributed by atoms with van der Waals surface area (Å²) in [7, 11) is 2.03. The molecule has 7 nitrogen and oxygen atoms in total. The van der Waals surface area contributed by atoms with Crippen molar-refractivity contribution in [2.24, 2.45) is 0 Å². The van der Waals surface area contributed by atoms with Crippen LogP contribution < -0.4 is 10.6 Å². The molecule has 1 aromatic rings. The number of carbonyl (C=O) groups excluding carboxylic acids is 2. The molecule has 2 N–H and O–H groups in total. The Bertz CT molecular complexity index is 542. The first-order valence-corrected chi connectivity index (χ1v) is 8.23. The predicted octanol–water partition coefficient (Wildman–Crippen LogP) is 0.508. The van der Waals surface area contributed by atoms with Gasteiger partial charge in [-0.05, 0) is 26.8 Å². The number of aryl methyl sites for hydroxylation is 1. The van der Waals surface area contributed by atoms with Crippen molar-refractivity contribution in [3.8, 4) is 0 Å². The second-order valence-electron chi connectivity index (χ2n) is 6.16. The van der Waals surface area contributed by atoms with Crippen LogP contribution in [0.5, 0.6) is 0 Å². The van der Waals surface area contributed by atoms with E-state index in [4.69, 9.17) is 0 Å². The zero-order valence-corrected chi connectivity index (χ0v) is 14.2. The Morgan fingerprint density at radius 3 is 2.70 bits per heavy atom. The fraction of sp³-hybridized carbons (Fsp3) is 0.688. The number of hydrogen-bond acceptors (Lipinski definition) is 4. The summed E-state index contributed by atoms with van der Waals surface area (Å²) in [4.78, 5) is 29.6. The molecule has 2 atom stereocenters. The summed E-state index contributed by atoms with van der Waals surface area (Å²) in [5.41, 5.74) is 0.878. The van der Waals surface area contributed by atoms with E-state index in [0.29, 0.717) is 25.6 Å². The number of nitrogens with zero attached hydrogens (tertiary/aromatic N) is 3. The van der Waals surface area contributed by atoms with E-state index in [0.717, 1.165) is 25.1 Å². The van der Waals surface area contributed by atoms with Gasteiger partial charge in [0.1, 0.15) is 0 Å². The molecular formula is C16H27N5O2. The zero-order chi connectivity index (χ0) is 16.8.